The van der Waals surface area contributed by atoms with Crippen LogP contribution in [0, 0.1) is 5.41 Å². The topological polar surface area (TPSA) is 119 Å². The number of nitrogens with zero attached hydrogens (tertiary/aromatic N) is 2. The van der Waals surface area contributed by atoms with Gasteiger partial charge < -0.3 is 20.2 Å². The van der Waals surface area contributed by atoms with E-state index in [1.165, 1.54) is 0 Å². The molecular weight excluding hydrogens is 433 g/mol. The molecule has 0 saturated carbocycles. The van der Waals surface area contributed by atoms with Crippen molar-refractivity contribution >= 4 is 29.4 Å². The van der Waals surface area contributed by atoms with Crippen LogP contribution in [0.4, 0.5) is 18.9 Å². The highest BCUT2D eigenvalue weighted by Crippen LogP contribution is 2.39. The predicted octanol–water partition coefficient (Wildman–Crippen LogP) is 0.490. The van der Waals surface area contributed by atoms with Crippen LogP contribution in [-0.2, 0) is 20.9 Å². The molecule has 32 heavy (non-hydrogen) atoms. The molecule has 1 aromatic carbocycles. The fraction of sp³-hybridized carbons (Fsp3) is 0.500. The van der Waals surface area contributed by atoms with Gasteiger partial charge in [0.05, 0.1) is 0 Å². The second-order valence-electron chi connectivity index (χ2n) is 8.50. The van der Waals surface area contributed by atoms with Gasteiger partial charge in [-0.3, -0.25) is 19.7 Å². The lowest BCUT2D eigenvalue weighted by molar-refractivity contribution is -0.192. The van der Waals surface area contributed by atoms with E-state index in [1.807, 2.05) is 12.1 Å². The van der Waals surface area contributed by atoms with Crippen LogP contribution in [0.3, 0.4) is 0 Å². The maximum absolute atomic E-state index is 12.7. The molecule has 4 aliphatic heterocycles. The fourth-order valence-electron chi connectivity index (χ4n) is 4.41. The molecule has 12 heteroatoms. The summed E-state index contributed by atoms with van der Waals surface area (Å²) >= 11 is 0. The molecule has 0 bridgehead atoms. The molecule has 3 saturated heterocycles. The van der Waals surface area contributed by atoms with Gasteiger partial charge in [0.1, 0.15) is 6.04 Å². The number of aliphatic carboxylic acids is 1. The molecule has 1 atom stereocenters. The zero-order valence-corrected chi connectivity index (χ0v) is 16.9. The van der Waals surface area contributed by atoms with Gasteiger partial charge in [-0.25, -0.2) is 4.79 Å². The number of carbonyl (C=O) groups is 4. The van der Waals surface area contributed by atoms with E-state index in [4.69, 9.17) is 9.90 Å². The van der Waals surface area contributed by atoms with Gasteiger partial charge in [-0.1, -0.05) is 0 Å². The van der Waals surface area contributed by atoms with Crippen molar-refractivity contribution in [1.29, 1.82) is 0 Å². The molecule has 172 valence electrons. The molecule has 0 aromatic heterocycles. The average Bonchev–Trinajstić information content (AvgIpc) is 2.95. The third-order valence-electron chi connectivity index (χ3n) is 6.17. The van der Waals surface area contributed by atoms with Crippen molar-refractivity contribution in [2.75, 3.05) is 31.1 Å². The standard InChI is InChI=1S/C18H20N4O3.C2HF3O2/c23-15-4-3-14(16(24)20-15)22-6-11-5-12(1-2-13(11)17(22)25)21-9-18(10-21)7-19-8-18;3-2(4,5)1(6)7/h1-2,5,14,19H,3-4,6-10H2,(H,20,23,24);(H,6,7)/t14-;/m1./s1. The molecule has 1 spiro atoms. The molecule has 3 N–H and O–H groups in total. The highest BCUT2D eigenvalue weighted by Gasteiger charge is 2.48. The largest absolute Gasteiger partial charge is 0.490 e. The Morgan fingerprint density at radius 3 is 2.34 bits per heavy atom. The van der Waals surface area contributed by atoms with Crippen molar-refractivity contribution in [2.45, 2.75) is 31.6 Å². The van der Waals surface area contributed by atoms with E-state index in [9.17, 15) is 27.6 Å². The van der Waals surface area contributed by atoms with E-state index >= 15 is 0 Å². The Hall–Kier alpha value is -3.15. The predicted molar refractivity (Wildman–Crippen MR) is 104 cm³/mol. The molecule has 0 unspecified atom stereocenters. The first kappa shape index (κ1) is 22.1. The first-order chi connectivity index (χ1) is 15.0. The van der Waals surface area contributed by atoms with Gasteiger partial charge in [0, 0.05) is 55.8 Å². The lowest BCUT2D eigenvalue weighted by atomic mass is 9.74. The quantitative estimate of drug-likeness (QED) is 0.557. The summed E-state index contributed by atoms with van der Waals surface area (Å²) in [4.78, 5) is 48.9. The molecular formula is C20H21F3N4O5. The summed E-state index contributed by atoms with van der Waals surface area (Å²) < 4.78 is 31.7. The zero-order valence-electron chi connectivity index (χ0n) is 16.9. The average molecular weight is 454 g/mol. The van der Waals surface area contributed by atoms with Crippen molar-refractivity contribution in [3.8, 4) is 0 Å². The van der Waals surface area contributed by atoms with Crippen LogP contribution in [0.5, 0.6) is 0 Å². The van der Waals surface area contributed by atoms with Crippen molar-refractivity contribution in [3.63, 3.8) is 0 Å². The summed E-state index contributed by atoms with van der Waals surface area (Å²) in [5, 5.41) is 12.8. The fourth-order valence-corrected chi connectivity index (χ4v) is 4.41. The van der Waals surface area contributed by atoms with Crippen LogP contribution in [0.2, 0.25) is 0 Å². The number of anilines is 1. The minimum absolute atomic E-state index is 0.112. The van der Waals surface area contributed by atoms with Gasteiger partial charge in [0.25, 0.3) is 5.91 Å². The van der Waals surface area contributed by atoms with Gasteiger partial charge in [0.15, 0.2) is 0 Å². The smallest absolute Gasteiger partial charge is 0.475 e. The molecule has 5 rings (SSSR count). The molecule has 0 aliphatic carbocycles. The van der Waals surface area contributed by atoms with Gasteiger partial charge in [-0.15, -0.1) is 0 Å². The van der Waals surface area contributed by atoms with Crippen LogP contribution in [0.15, 0.2) is 18.2 Å². The van der Waals surface area contributed by atoms with Crippen LogP contribution in [0.25, 0.3) is 0 Å². The molecule has 4 aliphatic rings. The first-order valence-corrected chi connectivity index (χ1v) is 10.0. The molecule has 0 radical (unpaired) electrons. The Labute approximate surface area is 180 Å². The number of carboxylic acids is 1. The monoisotopic (exact) mass is 454 g/mol. The van der Waals surface area contributed by atoms with Crippen molar-refractivity contribution in [1.82, 2.24) is 15.5 Å². The Morgan fingerprint density at radius 2 is 1.81 bits per heavy atom. The van der Waals surface area contributed by atoms with E-state index in [2.05, 4.69) is 21.6 Å². The lowest BCUT2D eigenvalue weighted by Gasteiger charge is -2.57. The van der Waals surface area contributed by atoms with Crippen molar-refractivity contribution in [3.05, 3.63) is 29.3 Å². The van der Waals surface area contributed by atoms with E-state index in [0.717, 1.165) is 37.4 Å². The molecule has 4 heterocycles. The summed E-state index contributed by atoms with van der Waals surface area (Å²) in [6, 6.07) is 5.42. The Morgan fingerprint density at radius 1 is 1.16 bits per heavy atom. The number of hydrogen-bond acceptors (Lipinski definition) is 6. The summed E-state index contributed by atoms with van der Waals surface area (Å²) in [5.41, 5.74) is 3.25. The minimum atomic E-state index is -5.08. The van der Waals surface area contributed by atoms with Crippen molar-refractivity contribution < 1.29 is 37.5 Å². The normalized spacial score (nSPS) is 23.6. The molecule has 1 aromatic rings. The number of fused-ring (bicyclic) bond motifs is 1. The lowest BCUT2D eigenvalue weighted by Crippen LogP contribution is -2.71. The zero-order chi connectivity index (χ0) is 23.3. The van der Waals surface area contributed by atoms with Gasteiger partial charge in [-0.2, -0.15) is 13.2 Å². The summed E-state index contributed by atoms with van der Waals surface area (Å²) in [6.45, 7) is 4.74. The summed E-state index contributed by atoms with van der Waals surface area (Å²) in [5.74, 6) is -3.49. The SMILES string of the molecule is O=C(O)C(F)(F)F.O=C1CC[C@@H](N2Cc3cc(N4CC5(CNC5)C4)ccc3C2=O)C(=O)N1. The van der Waals surface area contributed by atoms with E-state index < -0.39 is 18.2 Å². The number of amides is 3. The number of hydrogen-bond donors (Lipinski definition) is 3. The Kier molecular flexibility index (Phi) is 5.35. The summed E-state index contributed by atoms with van der Waals surface area (Å²) in [7, 11) is 0. The highest BCUT2D eigenvalue weighted by atomic mass is 19.4. The number of imide groups is 1. The second kappa shape index (κ2) is 7.76. The maximum Gasteiger partial charge on any atom is 0.490 e. The molecule has 3 fully saturated rings. The number of carboxylic acid groups (broad SMARTS) is 1. The number of carbonyl (C=O) groups excluding carboxylic acids is 3. The third-order valence-corrected chi connectivity index (χ3v) is 6.17. The highest BCUT2D eigenvalue weighted by molar-refractivity contribution is 6.05. The van der Waals surface area contributed by atoms with Crippen LogP contribution >= 0.6 is 0 Å². The number of alkyl halides is 3. The maximum atomic E-state index is 12.7. The number of benzene rings is 1. The van der Waals surface area contributed by atoms with Gasteiger partial charge in [-0.05, 0) is 30.2 Å². The van der Waals surface area contributed by atoms with Gasteiger partial charge >= 0.3 is 12.1 Å². The Bertz CT molecular complexity index is 984. The number of nitrogens with one attached hydrogen (secondary N) is 2. The van der Waals surface area contributed by atoms with E-state index in [-0.39, 0.29) is 24.1 Å². The second-order valence-corrected chi connectivity index (χ2v) is 8.50. The van der Waals surface area contributed by atoms with Gasteiger partial charge in [0.2, 0.25) is 11.8 Å². The first-order valence-electron chi connectivity index (χ1n) is 10.0. The van der Waals surface area contributed by atoms with Crippen LogP contribution in [-0.4, -0.2) is 72.1 Å². The minimum Gasteiger partial charge on any atom is -0.475 e. The number of rotatable bonds is 2. The van der Waals surface area contributed by atoms with Crippen molar-refractivity contribution in [2.24, 2.45) is 5.41 Å². The molecule has 3 amide bonds. The molecule has 9 nitrogen and oxygen atoms in total. The van der Waals surface area contributed by atoms with E-state index in [0.29, 0.717) is 23.9 Å². The Balaban J connectivity index is 0.000000307. The number of halogens is 3. The number of piperidine rings is 1. The van der Waals surface area contributed by atoms with Crippen LogP contribution in [0.1, 0.15) is 28.8 Å². The summed E-state index contributed by atoms with van der Waals surface area (Å²) in [6.07, 6.45) is -4.40. The van der Waals surface area contributed by atoms with Crippen LogP contribution < -0.4 is 15.5 Å². The third kappa shape index (κ3) is 4.01. The van der Waals surface area contributed by atoms with E-state index in [1.54, 1.807) is 4.90 Å².